The lowest BCUT2D eigenvalue weighted by Crippen LogP contribution is -2.29. The molecule has 0 aromatic carbocycles. The number of carboxylic acid groups (broad SMARTS) is 1. The number of pyridine rings is 1. The second-order valence-corrected chi connectivity index (χ2v) is 2.91. The Labute approximate surface area is 82.5 Å². The molecule has 0 N–H and O–H groups in total. The third kappa shape index (κ3) is 2.73. The number of carbonyl (C=O) groups is 1. The SMILES string of the molecule is CCc1nc(C)ccc1OCC(=O)[O-]. The first kappa shape index (κ1) is 10.5. The molecule has 0 aliphatic rings. The molecule has 0 aliphatic carbocycles. The average Bonchev–Trinajstić information content (AvgIpc) is 2.15. The van der Waals surface area contributed by atoms with E-state index >= 15 is 0 Å². The zero-order chi connectivity index (χ0) is 10.6. The highest BCUT2D eigenvalue weighted by molar-refractivity contribution is 5.66. The quantitative estimate of drug-likeness (QED) is 0.681. The van der Waals surface area contributed by atoms with E-state index in [0.717, 1.165) is 11.4 Å². The lowest BCUT2D eigenvalue weighted by molar-refractivity contribution is -0.307. The Morgan fingerprint density at radius 3 is 2.86 bits per heavy atom. The van der Waals surface area contributed by atoms with Crippen LogP contribution in [0.1, 0.15) is 18.3 Å². The van der Waals surface area contributed by atoms with Gasteiger partial charge in [-0.25, -0.2) is 0 Å². The van der Waals surface area contributed by atoms with Crippen molar-refractivity contribution in [1.29, 1.82) is 0 Å². The zero-order valence-electron chi connectivity index (χ0n) is 8.24. The first-order chi connectivity index (χ1) is 6.63. The zero-order valence-corrected chi connectivity index (χ0v) is 8.24. The minimum absolute atomic E-state index is 0.433. The molecule has 0 unspecified atom stereocenters. The van der Waals surface area contributed by atoms with Gasteiger partial charge >= 0.3 is 0 Å². The number of aryl methyl sites for hydroxylation is 2. The molecular formula is C10H12NO3-. The standard InChI is InChI=1S/C10H13NO3/c1-3-8-9(14-6-10(12)13)5-4-7(2)11-8/h4-5H,3,6H2,1-2H3,(H,12,13)/p-1. The van der Waals surface area contributed by atoms with Crippen molar-refractivity contribution < 1.29 is 14.6 Å². The summed E-state index contributed by atoms with van der Waals surface area (Å²) in [7, 11) is 0. The van der Waals surface area contributed by atoms with Crippen LogP contribution in [0, 0.1) is 6.92 Å². The van der Waals surface area contributed by atoms with Gasteiger partial charge in [-0.2, -0.15) is 0 Å². The summed E-state index contributed by atoms with van der Waals surface area (Å²) in [5.74, 6) is -0.713. The molecule has 0 radical (unpaired) electrons. The Morgan fingerprint density at radius 1 is 1.57 bits per heavy atom. The predicted molar refractivity (Wildman–Crippen MR) is 48.9 cm³/mol. The predicted octanol–water partition coefficient (Wildman–Crippen LogP) is 0.0811. The number of aromatic nitrogens is 1. The fourth-order valence-corrected chi connectivity index (χ4v) is 1.12. The van der Waals surface area contributed by atoms with Gasteiger partial charge in [-0.3, -0.25) is 4.98 Å². The Morgan fingerprint density at radius 2 is 2.29 bits per heavy atom. The van der Waals surface area contributed by atoms with Gasteiger partial charge in [0, 0.05) is 5.69 Å². The molecule has 0 bridgehead atoms. The van der Waals surface area contributed by atoms with Crippen LogP contribution in [0.2, 0.25) is 0 Å². The number of carbonyl (C=O) groups excluding carboxylic acids is 1. The van der Waals surface area contributed by atoms with E-state index in [2.05, 4.69) is 4.98 Å². The van der Waals surface area contributed by atoms with Gasteiger partial charge in [-0.1, -0.05) is 6.92 Å². The van der Waals surface area contributed by atoms with Crippen molar-refractivity contribution in [2.45, 2.75) is 20.3 Å². The minimum atomic E-state index is -1.23. The summed E-state index contributed by atoms with van der Waals surface area (Å²) in [6.07, 6.45) is 0.712. The molecular weight excluding hydrogens is 182 g/mol. The Bertz CT molecular complexity index is 336. The van der Waals surface area contributed by atoms with Crippen LogP contribution in [-0.4, -0.2) is 17.6 Å². The highest BCUT2D eigenvalue weighted by atomic mass is 16.5. The van der Waals surface area contributed by atoms with Crippen molar-refractivity contribution >= 4 is 5.97 Å². The van der Waals surface area contributed by atoms with Crippen molar-refractivity contribution in [3.05, 3.63) is 23.5 Å². The third-order valence-electron chi connectivity index (χ3n) is 1.75. The van der Waals surface area contributed by atoms with E-state index in [1.165, 1.54) is 0 Å². The maximum atomic E-state index is 10.2. The molecule has 0 fully saturated rings. The fraction of sp³-hybridized carbons (Fsp3) is 0.400. The Balaban J connectivity index is 2.80. The van der Waals surface area contributed by atoms with Crippen molar-refractivity contribution in [3.8, 4) is 5.75 Å². The summed E-state index contributed by atoms with van der Waals surface area (Å²) in [6.45, 7) is 3.38. The number of aliphatic carboxylic acids is 1. The lowest BCUT2D eigenvalue weighted by atomic mass is 10.2. The van der Waals surface area contributed by atoms with E-state index in [4.69, 9.17) is 4.74 Å². The van der Waals surface area contributed by atoms with Gasteiger partial charge in [-0.05, 0) is 25.5 Å². The maximum Gasteiger partial charge on any atom is 0.141 e. The van der Waals surface area contributed by atoms with Gasteiger partial charge in [0.2, 0.25) is 0 Å². The van der Waals surface area contributed by atoms with Gasteiger partial charge in [0.1, 0.15) is 12.4 Å². The molecule has 1 rings (SSSR count). The number of hydrogen-bond acceptors (Lipinski definition) is 4. The van der Waals surface area contributed by atoms with Crippen LogP contribution in [-0.2, 0) is 11.2 Å². The fourth-order valence-electron chi connectivity index (χ4n) is 1.12. The largest absolute Gasteiger partial charge is 0.546 e. The lowest BCUT2D eigenvalue weighted by Gasteiger charge is -2.10. The molecule has 0 saturated heterocycles. The van der Waals surface area contributed by atoms with Gasteiger partial charge in [0.05, 0.1) is 11.7 Å². The summed E-state index contributed by atoms with van der Waals surface area (Å²) in [5.41, 5.74) is 1.66. The number of rotatable bonds is 4. The number of carboxylic acids is 1. The molecule has 14 heavy (non-hydrogen) atoms. The van der Waals surface area contributed by atoms with Crippen LogP contribution in [0.3, 0.4) is 0 Å². The Hall–Kier alpha value is -1.58. The normalized spacial score (nSPS) is 9.86. The second kappa shape index (κ2) is 4.60. The van der Waals surface area contributed by atoms with Crippen LogP contribution >= 0.6 is 0 Å². The van der Waals surface area contributed by atoms with E-state index in [-0.39, 0.29) is 0 Å². The third-order valence-corrected chi connectivity index (χ3v) is 1.75. The van der Waals surface area contributed by atoms with Crippen molar-refractivity contribution in [3.63, 3.8) is 0 Å². The summed E-state index contributed by atoms with van der Waals surface area (Å²) in [5, 5.41) is 10.2. The van der Waals surface area contributed by atoms with E-state index in [9.17, 15) is 9.90 Å². The molecule has 0 aliphatic heterocycles. The molecule has 1 heterocycles. The van der Waals surface area contributed by atoms with Gasteiger partial charge in [0.15, 0.2) is 0 Å². The summed E-state index contributed by atoms with van der Waals surface area (Å²) >= 11 is 0. The second-order valence-electron chi connectivity index (χ2n) is 2.91. The summed E-state index contributed by atoms with van der Waals surface area (Å²) in [4.78, 5) is 14.4. The minimum Gasteiger partial charge on any atom is -0.546 e. The number of hydrogen-bond donors (Lipinski definition) is 0. The molecule has 76 valence electrons. The molecule has 0 atom stereocenters. The van der Waals surface area contributed by atoms with Crippen LogP contribution in [0.4, 0.5) is 0 Å². The molecule has 1 aromatic heterocycles. The van der Waals surface area contributed by atoms with Gasteiger partial charge in [0.25, 0.3) is 0 Å². The van der Waals surface area contributed by atoms with Crippen LogP contribution in [0.25, 0.3) is 0 Å². The van der Waals surface area contributed by atoms with E-state index < -0.39 is 12.6 Å². The highest BCUT2D eigenvalue weighted by Gasteiger charge is 2.03. The molecule has 0 amide bonds. The topological polar surface area (TPSA) is 62.2 Å². The van der Waals surface area contributed by atoms with Gasteiger partial charge in [-0.15, -0.1) is 0 Å². The molecule has 0 saturated carbocycles. The van der Waals surface area contributed by atoms with E-state index in [1.807, 2.05) is 13.8 Å². The smallest absolute Gasteiger partial charge is 0.141 e. The van der Waals surface area contributed by atoms with Crippen LogP contribution in [0.15, 0.2) is 12.1 Å². The number of ether oxygens (including phenoxy) is 1. The van der Waals surface area contributed by atoms with Crippen LogP contribution < -0.4 is 9.84 Å². The van der Waals surface area contributed by atoms with Crippen LogP contribution in [0.5, 0.6) is 5.75 Å². The highest BCUT2D eigenvalue weighted by Crippen LogP contribution is 2.16. The van der Waals surface area contributed by atoms with E-state index in [1.54, 1.807) is 12.1 Å². The Kier molecular flexibility index (Phi) is 3.45. The molecule has 4 nitrogen and oxygen atoms in total. The molecule has 1 aromatic rings. The van der Waals surface area contributed by atoms with Crippen molar-refractivity contribution in [2.24, 2.45) is 0 Å². The molecule has 4 heteroatoms. The van der Waals surface area contributed by atoms with Crippen molar-refractivity contribution in [1.82, 2.24) is 4.98 Å². The first-order valence-corrected chi connectivity index (χ1v) is 4.42. The number of nitrogens with zero attached hydrogens (tertiary/aromatic N) is 1. The average molecular weight is 194 g/mol. The van der Waals surface area contributed by atoms with Gasteiger partial charge < -0.3 is 14.6 Å². The first-order valence-electron chi connectivity index (χ1n) is 4.42. The maximum absolute atomic E-state index is 10.2. The molecule has 0 spiro atoms. The van der Waals surface area contributed by atoms with E-state index in [0.29, 0.717) is 12.2 Å². The van der Waals surface area contributed by atoms with Crippen molar-refractivity contribution in [2.75, 3.05) is 6.61 Å². The summed E-state index contributed by atoms with van der Waals surface area (Å²) in [6, 6.07) is 3.51. The monoisotopic (exact) mass is 194 g/mol. The summed E-state index contributed by atoms with van der Waals surface area (Å²) < 4.78 is 5.02.